The number of esters is 1. The Kier molecular flexibility index (Phi) is 5.21. The van der Waals surface area contributed by atoms with Gasteiger partial charge in [0, 0.05) is 12.1 Å². The van der Waals surface area contributed by atoms with Crippen molar-refractivity contribution in [3.8, 4) is 11.8 Å². The minimum absolute atomic E-state index is 0.135. The number of carbonyl (C=O) groups is 1. The predicted molar refractivity (Wildman–Crippen MR) is 61.4 cm³/mol. The summed E-state index contributed by atoms with van der Waals surface area (Å²) in [5.41, 5.74) is 6.10. The van der Waals surface area contributed by atoms with Crippen molar-refractivity contribution in [1.82, 2.24) is 0 Å². The number of nitriles is 1. The molecule has 0 radical (unpaired) electrons. The molecule has 1 aromatic rings. The molecule has 0 saturated heterocycles. The van der Waals surface area contributed by atoms with E-state index in [-0.39, 0.29) is 35.4 Å². The molecule has 0 aliphatic carbocycles. The highest BCUT2D eigenvalue weighted by molar-refractivity contribution is 5.74. The van der Waals surface area contributed by atoms with E-state index in [4.69, 9.17) is 11.0 Å². The van der Waals surface area contributed by atoms with Gasteiger partial charge >= 0.3 is 12.6 Å². The first-order valence-corrected chi connectivity index (χ1v) is 5.30. The van der Waals surface area contributed by atoms with Gasteiger partial charge in [-0.05, 0) is 17.7 Å². The minimum Gasteiger partial charge on any atom is -0.469 e. The molecule has 0 atom stereocenters. The molecule has 19 heavy (non-hydrogen) atoms. The van der Waals surface area contributed by atoms with Gasteiger partial charge in [-0.15, -0.1) is 0 Å². The molecule has 0 unspecified atom stereocenters. The number of hydrogen-bond donors (Lipinski definition) is 1. The van der Waals surface area contributed by atoms with Crippen molar-refractivity contribution in [2.75, 3.05) is 7.11 Å². The number of nitrogens with zero attached hydrogens (tertiary/aromatic N) is 1. The van der Waals surface area contributed by atoms with E-state index in [9.17, 15) is 13.6 Å². The summed E-state index contributed by atoms with van der Waals surface area (Å²) < 4.78 is 33.3. The average molecular weight is 270 g/mol. The summed E-state index contributed by atoms with van der Waals surface area (Å²) in [6, 6.07) is 4.40. The van der Waals surface area contributed by atoms with Crippen LogP contribution in [0.1, 0.15) is 16.7 Å². The van der Waals surface area contributed by atoms with Gasteiger partial charge in [-0.25, -0.2) is 0 Å². The van der Waals surface area contributed by atoms with E-state index in [1.165, 1.54) is 19.2 Å². The monoisotopic (exact) mass is 270 g/mol. The normalized spacial score (nSPS) is 10.1. The predicted octanol–water partition coefficient (Wildman–Crippen LogP) is 1.33. The van der Waals surface area contributed by atoms with Gasteiger partial charge in [0.2, 0.25) is 0 Å². The molecule has 0 amide bonds. The first kappa shape index (κ1) is 14.9. The largest absolute Gasteiger partial charge is 0.469 e. The van der Waals surface area contributed by atoms with Crippen LogP contribution in [-0.4, -0.2) is 19.7 Å². The highest BCUT2D eigenvalue weighted by atomic mass is 19.3. The molecule has 0 aromatic heterocycles. The molecule has 0 heterocycles. The van der Waals surface area contributed by atoms with Crippen molar-refractivity contribution in [3.63, 3.8) is 0 Å². The van der Waals surface area contributed by atoms with E-state index in [2.05, 4.69) is 9.47 Å². The van der Waals surface area contributed by atoms with Crippen LogP contribution < -0.4 is 10.5 Å². The number of rotatable bonds is 5. The van der Waals surface area contributed by atoms with Crippen LogP contribution in [0.4, 0.5) is 8.78 Å². The summed E-state index contributed by atoms with van der Waals surface area (Å²) in [5, 5.41) is 8.96. The molecule has 0 bridgehead atoms. The second-order valence-electron chi connectivity index (χ2n) is 3.52. The molecule has 0 aliphatic rings. The molecular formula is C12H12F2N2O3. The fourth-order valence-electron chi connectivity index (χ4n) is 1.62. The zero-order valence-corrected chi connectivity index (χ0v) is 10.2. The Morgan fingerprint density at radius 3 is 2.63 bits per heavy atom. The molecule has 1 aromatic carbocycles. The SMILES string of the molecule is COC(=O)Cc1c(C#N)ccc(OC(F)F)c1CN. The van der Waals surface area contributed by atoms with Crippen molar-refractivity contribution in [2.45, 2.75) is 19.6 Å². The quantitative estimate of drug-likeness (QED) is 0.816. The average Bonchev–Trinajstić information content (AvgIpc) is 2.38. The topological polar surface area (TPSA) is 85.3 Å². The van der Waals surface area contributed by atoms with E-state index in [1.807, 2.05) is 6.07 Å². The Balaban J connectivity index is 3.29. The first-order chi connectivity index (χ1) is 9.03. The summed E-state index contributed by atoms with van der Waals surface area (Å²) in [5.74, 6) is -0.740. The number of halogens is 2. The molecule has 2 N–H and O–H groups in total. The highest BCUT2D eigenvalue weighted by Crippen LogP contribution is 2.27. The lowest BCUT2D eigenvalue weighted by molar-refractivity contribution is -0.139. The Morgan fingerprint density at radius 1 is 1.47 bits per heavy atom. The van der Waals surface area contributed by atoms with Crippen molar-refractivity contribution in [2.24, 2.45) is 5.73 Å². The van der Waals surface area contributed by atoms with Gasteiger partial charge in [-0.2, -0.15) is 14.0 Å². The lowest BCUT2D eigenvalue weighted by Crippen LogP contribution is -2.14. The van der Waals surface area contributed by atoms with E-state index in [0.717, 1.165) is 0 Å². The van der Waals surface area contributed by atoms with Crippen LogP contribution in [0.3, 0.4) is 0 Å². The number of ether oxygens (including phenoxy) is 2. The van der Waals surface area contributed by atoms with Gasteiger partial charge in [0.15, 0.2) is 0 Å². The number of methoxy groups -OCH3 is 1. The van der Waals surface area contributed by atoms with Gasteiger partial charge in [-0.1, -0.05) is 0 Å². The molecule has 0 spiro atoms. The summed E-state index contributed by atoms with van der Waals surface area (Å²) in [6.07, 6.45) is -0.230. The van der Waals surface area contributed by atoms with Crippen LogP contribution in [0, 0.1) is 11.3 Å². The Labute approximate surface area is 108 Å². The maximum Gasteiger partial charge on any atom is 0.387 e. The number of nitrogens with two attached hydrogens (primary N) is 1. The third-order valence-electron chi connectivity index (χ3n) is 2.48. The maximum absolute atomic E-state index is 12.3. The molecule has 7 heteroatoms. The molecule has 0 saturated carbocycles. The number of alkyl halides is 2. The lowest BCUT2D eigenvalue weighted by atomic mass is 9.98. The van der Waals surface area contributed by atoms with Crippen LogP contribution in [0.25, 0.3) is 0 Å². The van der Waals surface area contributed by atoms with E-state index < -0.39 is 12.6 Å². The van der Waals surface area contributed by atoms with Gasteiger partial charge in [0.05, 0.1) is 25.2 Å². The van der Waals surface area contributed by atoms with Gasteiger partial charge < -0.3 is 15.2 Å². The Bertz CT molecular complexity index is 512. The molecule has 0 aliphatic heterocycles. The molecule has 0 fully saturated rings. The lowest BCUT2D eigenvalue weighted by Gasteiger charge is -2.14. The number of benzene rings is 1. The fraction of sp³-hybridized carbons (Fsp3) is 0.333. The van der Waals surface area contributed by atoms with Crippen LogP contribution in [0.15, 0.2) is 12.1 Å². The van der Waals surface area contributed by atoms with Gasteiger partial charge in [0.25, 0.3) is 0 Å². The third-order valence-corrected chi connectivity index (χ3v) is 2.48. The summed E-state index contributed by atoms with van der Waals surface area (Å²) in [4.78, 5) is 11.3. The molecule has 102 valence electrons. The minimum atomic E-state index is -3.01. The van der Waals surface area contributed by atoms with E-state index >= 15 is 0 Å². The van der Waals surface area contributed by atoms with Crippen LogP contribution >= 0.6 is 0 Å². The summed E-state index contributed by atoms with van der Waals surface area (Å²) in [6.45, 7) is -3.15. The Hall–Kier alpha value is -2.20. The smallest absolute Gasteiger partial charge is 0.387 e. The fourth-order valence-corrected chi connectivity index (χ4v) is 1.62. The van der Waals surface area contributed by atoms with Gasteiger partial charge in [0.1, 0.15) is 5.75 Å². The first-order valence-electron chi connectivity index (χ1n) is 5.30. The second kappa shape index (κ2) is 6.66. The van der Waals surface area contributed by atoms with Crippen molar-refractivity contribution < 1.29 is 23.0 Å². The highest BCUT2D eigenvalue weighted by Gasteiger charge is 2.18. The molecular weight excluding hydrogens is 258 g/mol. The standard InChI is InChI=1S/C12H12F2N2O3/c1-18-11(17)4-8-7(5-15)2-3-10(9(8)6-16)19-12(13)14/h2-3,12H,4,6,16H2,1H3. The summed E-state index contributed by atoms with van der Waals surface area (Å²) in [7, 11) is 1.19. The van der Waals surface area contributed by atoms with E-state index in [1.54, 1.807) is 0 Å². The van der Waals surface area contributed by atoms with Crippen LogP contribution in [-0.2, 0) is 22.5 Å². The third kappa shape index (κ3) is 3.63. The van der Waals surface area contributed by atoms with E-state index in [0.29, 0.717) is 0 Å². The number of hydrogen-bond acceptors (Lipinski definition) is 5. The number of carbonyl (C=O) groups excluding carboxylic acids is 1. The van der Waals surface area contributed by atoms with Crippen molar-refractivity contribution >= 4 is 5.97 Å². The maximum atomic E-state index is 12.3. The zero-order chi connectivity index (χ0) is 14.4. The van der Waals surface area contributed by atoms with Crippen LogP contribution in [0.2, 0.25) is 0 Å². The Morgan fingerprint density at radius 2 is 2.16 bits per heavy atom. The van der Waals surface area contributed by atoms with Gasteiger partial charge in [-0.3, -0.25) is 4.79 Å². The summed E-state index contributed by atoms with van der Waals surface area (Å²) >= 11 is 0. The van der Waals surface area contributed by atoms with Crippen molar-refractivity contribution in [3.05, 3.63) is 28.8 Å². The van der Waals surface area contributed by atoms with Crippen LogP contribution in [0.5, 0.6) is 5.75 Å². The molecule has 1 rings (SSSR count). The molecule has 5 nitrogen and oxygen atoms in total. The zero-order valence-electron chi connectivity index (χ0n) is 10.2. The van der Waals surface area contributed by atoms with Crippen molar-refractivity contribution in [1.29, 1.82) is 5.26 Å². The second-order valence-corrected chi connectivity index (χ2v) is 3.52.